The van der Waals surface area contributed by atoms with Crippen LogP contribution >= 0.6 is 11.6 Å². The third kappa shape index (κ3) is 3.31. The minimum atomic E-state index is -1.63. The second-order valence-corrected chi connectivity index (χ2v) is 8.34. The molecule has 7 heteroatoms. The number of aromatic nitrogens is 1. The lowest BCUT2D eigenvalue weighted by atomic mass is 10.0. The third-order valence-corrected chi connectivity index (χ3v) is 5.97. The summed E-state index contributed by atoms with van der Waals surface area (Å²) in [5.74, 6) is -0.487. The number of benzene rings is 2. The van der Waals surface area contributed by atoms with Crippen molar-refractivity contribution in [3.63, 3.8) is 0 Å². The molecule has 1 aromatic heterocycles. The summed E-state index contributed by atoms with van der Waals surface area (Å²) in [4.78, 5) is 28.9. The smallest absolute Gasteiger partial charge is 0.278 e. The maximum atomic E-state index is 12.9. The molecule has 1 aliphatic rings. The van der Waals surface area contributed by atoms with E-state index in [0.29, 0.717) is 29.4 Å². The van der Waals surface area contributed by atoms with Crippen LogP contribution in [0.15, 0.2) is 30.3 Å². The van der Waals surface area contributed by atoms with Gasteiger partial charge in [0.05, 0.1) is 16.2 Å². The molecule has 2 aromatic carbocycles. The molecule has 0 radical (unpaired) electrons. The monoisotopic (exact) mass is 425 g/mol. The molecular weight excluding hydrogens is 402 g/mol. The normalized spacial score (nSPS) is 18.0. The fourth-order valence-corrected chi connectivity index (χ4v) is 4.13. The molecule has 6 nitrogen and oxygen atoms in total. The van der Waals surface area contributed by atoms with Gasteiger partial charge in [0.25, 0.3) is 17.4 Å². The molecule has 1 unspecified atom stereocenters. The molecule has 0 bridgehead atoms. The Morgan fingerprint density at radius 2 is 1.97 bits per heavy atom. The first-order valence-electron chi connectivity index (χ1n) is 9.86. The number of hydrogen-bond donors (Lipinski definition) is 3. The largest absolute Gasteiger partial charge is 0.466 e. The zero-order valence-corrected chi connectivity index (χ0v) is 18.2. The van der Waals surface area contributed by atoms with Gasteiger partial charge in [-0.05, 0) is 69.0 Å². The van der Waals surface area contributed by atoms with Crippen LogP contribution in [0.25, 0.3) is 10.9 Å². The van der Waals surface area contributed by atoms with Crippen LogP contribution in [0.2, 0.25) is 5.02 Å². The number of hydrogen-bond acceptors (Lipinski definition) is 3. The molecule has 1 atom stereocenters. The number of ether oxygens (including phenoxy) is 1. The molecule has 3 N–H and O–H groups in total. The fourth-order valence-electron chi connectivity index (χ4n) is 3.86. The first-order valence-corrected chi connectivity index (χ1v) is 10.2. The van der Waals surface area contributed by atoms with Crippen LogP contribution in [0.1, 0.15) is 29.3 Å². The number of amides is 2. The van der Waals surface area contributed by atoms with E-state index in [9.17, 15) is 9.59 Å². The number of nitrogens with one attached hydrogen (secondary N) is 3. The Balaban J connectivity index is 1.50. The Bertz CT molecular complexity index is 1180. The van der Waals surface area contributed by atoms with E-state index in [2.05, 4.69) is 15.6 Å². The standard InChI is InChI=1S/C23H24ClN3O3/c1-12-5-8-18-17(11-12)27-22(29)23(4,30-18)21(28)25-10-9-15-14(3)26-20-13(2)6-7-16(24)19(15)20/h5-8,11,26H,9-10H2,1-4H3,(H,25,28)(H,27,29). The lowest BCUT2D eigenvalue weighted by Crippen LogP contribution is -2.58. The molecule has 4 rings (SSSR count). The summed E-state index contributed by atoms with van der Waals surface area (Å²) in [6.45, 7) is 7.78. The number of fused-ring (bicyclic) bond motifs is 2. The van der Waals surface area contributed by atoms with Crippen molar-refractivity contribution in [1.82, 2.24) is 10.3 Å². The van der Waals surface area contributed by atoms with E-state index in [1.54, 1.807) is 6.07 Å². The van der Waals surface area contributed by atoms with Crippen molar-refractivity contribution in [1.29, 1.82) is 0 Å². The predicted molar refractivity (Wildman–Crippen MR) is 118 cm³/mol. The first-order chi connectivity index (χ1) is 14.2. The Morgan fingerprint density at radius 3 is 2.73 bits per heavy atom. The van der Waals surface area contributed by atoms with Gasteiger partial charge in [-0.1, -0.05) is 23.7 Å². The van der Waals surface area contributed by atoms with Crippen molar-refractivity contribution in [2.45, 2.75) is 39.7 Å². The summed E-state index contributed by atoms with van der Waals surface area (Å²) in [5.41, 5.74) is 4.12. The minimum absolute atomic E-state index is 0.351. The Hall–Kier alpha value is -2.99. The van der Waals surface area contributed by atoms with E-state index in [1.807, 2.05) is 45.0 Å². The van der Waals surface area contributed by atoms with Gasteiger partial charge in [-0.15, -0.1) is 0 Å². The molecule has 0 aliphatic carbocycles. The molecule has 30 heavy (non-hydrogen) atoms. The molecule has 0 saturated carbocycles. The molecule has 0 spiro atoms. The molecule has 2 amide bonds. The number of aryl methyl sites for hydroxylation is 3. The van der Waals surface area contributed by atoms with Crippen LogP contribution < -0.4 is 15.4 Å². The van der Waals surface area contributed by atoms with Crippen molar-refractivity contribution < 1.29 is 14.3 Å². The third-order valence-electron chi connectivity index (χ3n) is 5.65. The Morgan fingerprint density at radius 1 is 1.20 bits per heavy atom. The van der Waals surface area contributed by atoms with Crippen LogP contribution in [0, 0.1) is 20.8 Å². The molecule has 2 heterocycles. The van der Waals surface area contributed by atoms with E-state index in [4.69, 9.17) is 16.3 Å². The van der Waals surface area contributed by atoms with Crippen LogP contribution in [0.5, 0.6) is 5.75 Å². The number of rotatable bonds is 4. The SMILES string of the molecule is Cc1ccc2c(c1)NC(=O)C(C)(C(=O)NCCc1c(C)[nH]c3c(C)ccc(Cl)c13)O2. The van der Waals surface area contributed by atoms with Gasteiger partial charge in [-0.25, -0.2) is 0 Å². The fraction of sp³-hybridized carbons (Fsp3) is 0.304. The quantitative estimate of drug-likeness (QED) is 0.548. The van der Waals surface area contributed by atoms with Crippen LogP contribution in [-0.4, -0.2) is 28.9 Å². The summed E-state index contributed by atoms with van der Waals surface area (Å²) in [6.07, 6.45) is 0.578. The lowest BCUT2D eigenvalue weighted by Gasteiger charge is -2.33. The Labute approximate surface area is 179 Å². The summed E-state index contributed by atoms with van der Waals surface area (Å²) in [5, 5.41) is 7.28. The number of anilines is 1. The van der Waals surface area contributed by atoms with E-state index in [1.165, 1.54) is 6.92 Å². The average molecular weight is 426 g/mol. The number of carbonyl (C=O) groups is 2. The second kappa shape index (κ2) is 7.36. The molecule has 0 saturated heterocycles. The van der Waals surface area contributed by atoms with Gasteiger partial charge in [0, 0.05) is 17.6 Å². The highest BCUT2D eigenvalue weighted by molar-refractivity contribution is 6.36. The van der Waals surface area contributed by atoms with Crippen molar-refractivity contribution >= 4 is 40.0 Å². The average Bonchev–Trinajstić information content (AvgIpc) is 3.03. The van der Waals surface area contributed by atoms with Gasteiger partial charge in [0.2, 0.25) is 0 Å². The molecular formula is C23H24ClN3O3. The number of H-pyrrole nitrogens is 1. The van der Waals surface area contributed by atoms with E-state index >= 15 is 0 Å². The van der Waals surface area contributed by atoms with Crippen molar-refractivity contribution in [3.05, 3.63) is 57.7 Å². The summed E-state index contributed by atoms with van der Waals surface area (Å²) < 4.78 is 5.81. The van der Waals surface area contributed by atoms with E-state index in [0.717, 1.165) is 33.3 Å². The zero-order valence-electron chi connectivity index (χ0n) is 17.4. The first kappa shape index (κ1) is 20.3. The number of halogens is 1. The second-order valence-electron chi connectivity index (χ2n) is 7.94. The van der Waals surface area contributed by atoms with Crippen LogP contribution in [0.4, 0.5) is 5.69 Å². The summed E-state index contributed by atoms with van der Waals surface area (Å²) in [7, 11) is 0. The van der Waals surface area contributed by atoms with Crippen LogP contribution in [0.3, 0.4) is 0 Å². The summed E-state index contributed by atoms with van der Waals surface area (Å²) in [6, 6.07) is 9.31. The minimum Gasteiger partial charge on any atom is -0.466 e. The van der Waals surface area contributed by atoms with Gasteiger partial charge in [-0.2, -0.15) is 0 Å². The maximum Gasteiger partial charge on any atom is 0.278 e. The van der Waals surface area contributed by atoms with Gasteiger partial charge in [0.15, 0.2) is 0 Å². The van der Waals surface area contributed by atoms with Crippen LogP contribution in [-0.2, 0) is 16.0 Å². The van der Waals surface area contributed by atoms with Gasteiger partial charge in [-0.3, -0.25) is 9.59 Å². The topological polar surface area (TPSA) is 83.2 Å². The van der Waals surface area contributed by atoms with Crippen molar-refractivity contribution in [2.75, 3.05) is 11.9 Å². The highest BCUT2D eigenvalue weighted by Crippen LogP contribution is 2.35. The van der Waals surface area contributed by atoms with Gasteiger partial charge >= 0.3 is 0 Å². The predicted octanol–water partition coefficient (Wildman–Crippen LogP) is 4.20. The molecule has 1 aliphatic heterocycles. The van der Waals surface area contributed by atoms with E-state index < -0.39 is 17.4 Å². The highest BCUT2D eigenvalue weighted by Gasteiger charge is 2.47. The molecule has 0 fully saturated rings. The number of aromatic amines is 1. The van der Waals surface area contributed by atoms with Crippen molar-refractivity contribution in [2.24, 2.45) is 0 Å². The molecule has 156 valence electrons. The maximum absolute atomic E-state index is 12.9. The van der Waals surface area contributed by atoms with E-state index in [-0.39, 0.29) is 0 Å². The van der Waals surface area contributed by atoms with Crippen molar-refractivity contribution in [3.8, 4) is 5.75 Å². The summed E-state index contributed by atoms with van der Waals surface area (Å²) >= 11 is 6.43. The number of carbonyl (C=O) groups excluding carboxylic acids is 2. The Kier molecular flexibility index (Phi) is 4.98. The van der Waals surface area contributed by atoms with Gasteiger partial charge < -0.3 is 20.4 Å². The molecule has 3 aromatic rings. The highest BCUT2D eigenvalue weighted by atomic mass is 35.5. The van der Waals surface area contributed by atoms with Gasteiger partial charge in [0.1, 0.15) is 5.75 Å². The lowest BCUT2D eigenvalue weighted by molar-refractivity contribution is -0.146. The zero-order chi connectivity index (χ0) is 21.6.